The molecule has 1 aromatic carbocycles. The first kappa shape index (κ1) is 15.1. The van der Waals surface area contributed by atoms with Crippen LogP contribution in [0.3, 0.4) is 0 Å². The zero-order valence-electron chi connectivity index (χ0n) is 9.39. The van der Waals surface area contributed by atoms with Crippen molar-refractivity contribution < 1.29 is 28.0 Å². The molecule has 0 spiro atoms. The van der Waals surface area contributed by atoms with Gasteiger partial charge in [0, 0.05) is 0 Å². The SMILES string of the molecule is C=CCOC(=O)c1ccc(OCl)c(OCl)c1C(=O)O. The van der Waals surface area contributed by atoms with Crippen molar-refractivity contribution in [2.24, 2.45) is 0 Å². The van der Waals surface area contributed by atoms with Crippen molar-refractivity contribution in [3.05, 3.63) is 35.9 Å². The summed E-state index contributed by atoms with van der Waals surface area (Å²) < 4.78 is 13.5. The van der Waals surface area contributed by atoms with E-state index in [0.29, 0.717) is 0 Å². The molecule has 1 N–H and O–H groups in total. The predicted octanol–water partition coefficient (Wildman–Crippen LogP) is 2.79. The minimum absolute atomic E-state index is 0.0668. The number of halogens is 2. The number of rotatable bonds is 6. The van der Waals surface area contributed by atoms with Crippen molar-refractivity contribution >= 4 is 35.7 Å². The van der Waals surface area contributed by atoms with Crippen LogP contribution < -0.4 is 8.58 Å². The molecule has 0 heterocycles. The molecule has 102 valence electrons. The highest BCUT2D eigenvalue weighted by Gasteiger charge is 2.26. The maximum absolute atomic E-state index is 11.7. The van der Waals surface area contributed by atoms with Crippen LogP contribution >= 0.6 is 23.7 Å². The normalized spacial score (nSPS) is 9.58. The average Bonchev–Trinajstić information content (AvgIpc) is 2.42. The Bertz CT molecular complexity index is 514. The number of hydrogen-bond donors (Lipinski definition) is 1. The molecule has 0 aliphatic heterocycles. The van der Waals surface area contributed by atoms with E-state index < -0.39 is 23.3 Å². The molecule has 0 unspecified atom stereocenters. The fourth-order valence-corrected chi connectivity index (χ4v) is 1.57. The molecule has 0 radical (unpaired) electrons. The Morgan fingerprint density at radius 3 is 2.47 bits per heavy atom. The molecule has 1 rings (SSSR count). The molecule has 0 atom stereocenters. The number of carboxylic acids is 1. The molecule has 0 aliphatic carbocycles. The van der Waals surface area contributed by atoms with Crippen LogP contribution in [0, 0.1) is 0 Å². The van der Waals surface area contributed by atoms with Crippen LogP contribution in [-0.4, -0.2) is 23.7 Å². The molecular formula is C11H8Cl2O6. The molecule has 0 saturated carbocycles. The molecule has 19 heavy (non-hydrogen) atoms. The molecule has 1 aromatic rings. The zero-order chi connectivity index (χ0) is 14.4. The number of carbonyl (C=O) groups excluding carboxylic acids is 1. The van der Waals surface area contributed by atoms with Gasteiger partial charge < -0.3 is 18.4 Å². The third kappa shape index (κ3) is 3.30. The van der Waals surface area contributed by atoms with Crippen molar-refractivity contribution in [3.63, 3.8) is 0 Å². The van der Waals surface area contributed by atoms with Gasteiger partial charge in [-0.25, -0.2) is 9.59 Å². The van der Waals surface area contributed by atoms with Crippen molar-refractivity contribution in [1.82, 2.24) is 0 Å². The zero-order valence-corrected chi connectivity index (χ0v) is 10.9. The molecule has 0 saturated heterocycles. The van der Waals surface area contributed by atoms with Gasteiger partial charge in [-0.1, -0.05) is 12.7 Å². The minimum atomic E-state index is -1.45. The first-order valence-corrected chi connectivity index (χ1v) is 5.44. The van der Waals surface area contributed by atoms with Crippen LogP contribution in [0.15, 0.2) is 24.8 Å². The van der Waals surface area contributed by atoms with E-state index in [9.17, 15) is 9.59 Å². The van der Waals surface area contributed by atoms with Gasteiger partial charge in [0.05, 0.1) is 5.56 Å². The maximum Gasteiger partial charge on any atom is 0.340 e. The maximum atomic E-state index is 11.7. The number of esters is 1. The van der Waals surface area contributed by atoms with Gasteiger partial charge >= 0.3 is 11.9 Å². The van der Waals surface area contributed by atoms with Gasteiger partial charge in [-0.2, -0.15) is 0 Å². The fraction of sp³-hybridized carbons (Fsp3) is 0.0909. The van der Waals surface area contributed by atoms with Gasteiger partial charge in [-0.05, 0) is 12.1 Å². The summed E-state index contributed by atoms with van der Waals surface area (Å²) in [7, 11) is 0. The Kier molecular flexibility index (Phi) is 5.47. The number of carbonyl (C=O) groups is 2. The van der Waals surface area contributed by atoms with E-state index in [4.69, 9.17) is 33.6 Å². The molecular weight excluding hydrogens is 299 g/mol. The fourth-order valence-electron chi connectivity index (χ4n) is 1.30. The molecule has 0 amide bonds. The lowest BCUT2D eigenvalue weighted by Crippen LogP contribution is -2.13. The molecule has 0 bridgehead atoms. The van der Waals surface area contributed by atoms with E-state index >= 15 is 0 Å². The average molecular weight is 307 g/mol. The van der Waals surface area contributed by atoms with E-state index in [2.05, 4.69) is 15.2 Å². The summed E-state index contributed by atoms with van der Waals surface area (Å²) in [5, 5.41) is 9.11. The number of hydrogen-bond acceptors (Lipinski definition) is 5. The highest BCUT2D eigenvalue weighted by atomic mass is 35.5. The molecule has 0 aliphatic rings. The summed E-state index contributed by atoms with van der Waals surface area (Å²) >= 11 is 10.3. The van der Waals surface area contributed by atoms with Gasteiger partial charge in [0.15, 0.2) is 5.75 Å². The molecule has 0 aromatic heterocycles. The van der Waals surface area contributed by atoms with E-state index in [1.54, 1.807) is 0 Å². The Labute approximate surface area is 118 Å². The van der Waals surface area contributed by atoms with E-state index in [1.165, 1.54) is 18.2 Å². The van der Waals surface area contributed by atoms with E-state index in [1.807, 2.05) is 0 Å². The summed E-state index contributed by atoms with van der Waals surface area (Å²) in [6.07, 6.45) is 1.34. The summed E-state index contributed by atoms with van der Waals surface area (Å²) in [6.45, 7) is 3.30. The standard InChI is InChI=1S/C11H8Cl2O6/c1-2-5-17-11(16)6-3-4-7(18-12)9(19-13)8(6)10(14)15/h2-4H,1,5H2,(H,14,15). The second-order valence-electron chi connectivity index (χ2n) is 3.16. The Hall–Kier alpha value is -1.92. The third-order valence-corrected chi connectivity index (χ3v) is 2.37. The smallest absolute Gasteiger partial charge is 0.340 e. The van der Waals surface area contributed by atoms with Crippen LogP contribution in [0.1, 0.15) is 20.7 Å². The third-order valence-electron chi connectivity index (χ3n) is 2.05. The van der Waals surface area contributed by atoms with Crippen LogP contribution in [0.4, 0.5) is 0 Å². The monoisotopic (exact) mass is 306 g/mol. The van der Waals surface area contributed by atoms with Gasteiger partial charge in [-0.15, -0.1) is 0 Å². The van der Waals surface area contributed by atoms with Crippen molar-refractivity contribution in [2.75, 3.05) is 6.61 Å². The number of benzene rings is 1. The molecule has 8 heteroatoms. The van der Waals surface area contributed by atoms with Crippen molar-refractivity contribution in [2.45, 2.75) is 0 Å². The van der Waals surface area contributed by atoms with E-state index in [-0.39, 0.29) is 17.9 Å². The largest absolute Gasteiger partial charge is 0.478 e. The topological polar surface area (TPSA) is 82.1 Å². The summed E-state index contributed by atoms with van der Waals surface area (Å²) in [5.41, 5.74) is -0.760. The van der Waals surface area contributed by atoms with Gasteiger partial charge in [-0.3, -0.25) is 0 Å². The predicted molar refractivity (Wildman–Crippen MR) is 66.8 cm³/mol. The first-order valence-electron chi connectivity index (χ1n) is 4.82. The van der Waals surface area contributed by atoms with Crippen LogP contribution in [0.2, 0.25) is 0 Å². The number of carboxylic acid groups (broad SMARTS) is 1. The van der Waals surface area contributed by atoms with Crippen LogP contribution in [0.25, 0.3) is 0 Å². The van der Waals surface area contributed by atoms with Crippen molar-refractivity contribution in [1.29, 1.82) is 0 Å². The number of aromatic carboxylic acids is 1. The summed E-state index contributed by atoms with van der Waals surface area (Å²) in [6, 6.07) is 2.40. The Morgan fingerprint density at radius 2 is 2.00 bits per heavy atom. The Morgan fingerprint density at radius 1 is 1.32 bits per heavy atom. The lowest BCUT2D eigenvalue weighted by Gasteiger charge is -2.10. The van der Waals surface area contributed by atoms with Gasteiger partial charge in [0.2, 0.25) is 5.75 Å². The van der Waals surface area contributed by atoms with Crippen LogP contribution in [-0.2, 0) is 4.74 Å². The highest BCUT2D eigenvalue weighted by molar-refractivity contribution is 6.13. The first-order chi connectivity index (χ1) is 9.06. The highest BCUT2D eigenvalue weighted by Crippen LogP contribution is 2.35. The second-order valence-corrected chi connectivity index (χ2v) is 3.47. The molecule has 6 nitrogen and oxygen atoms in total. The van der Waals surface area contributed by atoms with Crippen LogP contribution in [0.5, 0.6) is 11.5 Å². The molecule has 0 fully saturated rings. The quantitative estimate of drug-likeness (QED) is 0.643. The van der Waals surface area contributed by atoms with Gasteiger partial charge in [0.25, 0.3) is 0 Å². The lowest BCUT2D eigenvalue weighted by atomic mass is 10.1. The lowest BCUT2D eigenvalue weighted by molar-refractivity contribution is 0.0535. The Balaban J connectivity index is 3.35. The summed E-state index contributed by atoms with van der Waals surface area (Å²) in [4.78, 5) is 22.9. The minimum Gasteiger partial charge on any atom is -0.478 e. The summed E-state index contributed by atoms with van der Waals surface area (Å²) in [5.74, 6) is -2.85. The van der Waals surface area contributed by atoms with Gasteiger partial charge in [0.1, 0.15) is 35.9 Å². The second kappa shape index (κ2) is 6.86. The van der Waals surface area contributed by atoms with Crippen molar-refractivity contribution in [3.8, 4) is 11.5 Å². The number of ether oxygens (including phenoxy) is 1. The van der Waals surface area contributed by atoms with E-state index in [0.717, 1.165) is 0 Å².